The van der Waals surface area contributed by atoms with Crippen LogP contribution in [0.4, 0.5) is 22.0 Å². The minimum atomic E-state index is -5.96. The van der Waals surface area contributed by atoms with E-state index in [4.69, 9.17) is 0 Å². The van der Waals surface area contributed by atoms with Crippen LogP contribution in [-0.2, 0) is 14.3 Å². The second-order valence-electron chi connectivity index (χ2n) is 3.42. The molecule has 112 valence electrons. The number of carbonyl (C=O) groups is 2. The van der Waals surface area contributed by atoms with Crippen molar-refractivity contribution < 1.29 is 36.3 Å². The van der Waals surface area contributed by atoms with Crippen molar-refractivity contribution in [3.63, 3.8) is 0 Å². The summed E-state index contributed by atoms with van der Waals surface area (Å²) in [4.78, 5) is 21.6. The van der Waals surface area contributed by atoms with Gasteiger partial charge in [-0.2, -0.15) is 22.0 Å². The molecule has 0 bridgehead atoms. The van der Waals surface area contributed by atoms with Gasteiger partial charge in [-0.05, 0) is 0 Å². The summed E-state index contributed by atoms with van der Waals surface area (Å²) in [6.45, 7) is -0.227. The van der Waals surface area contributed by atoms with Gasteiger partial charge in [0.05, 0.1) is 6.61 Å². The summed E-state index contributed by atoms with van der Waals surface area (Å²) in [5, 5.41) is 3.65. The average Bonchev–Trinajstić information content (AvgIpc) is 2.27. The Balaban J connectivity index is 4.02. The van der Waals surface area contributed by atoms with E-state index >= 15 is 0 Å². The summed E-state index contributed by atoms with van der Waals surface area (Å²) in [6.07, 6.45) is -6.37. The summed E-state index contributed by atoms with van der Waals surface area (Å²) >= 11 is 0. The highest BCUT2D eigenvalue weighted by Gasteiger charge is 2.63. The Kier molecular flexibility index (Phi) is 6.67. The average molecular weight is 292 g/mol. The van der Waals surface area contributed by atoms with Crippen LogP contribution in [0.1, 0.15) is 6.42 Å². The standard InChI is InChI=1S/C9H13F5N2O3/c1-19-5-4-15-6(17)2-3-16-7(18)8(10,11)9(12,13)14/h2-5H2,1H3,(H,15,17)(H,16,18). The summed E-state index contributed by atoms with van der Waals surface area (Å²) < 4.78 is 64.8. The fourth-order valence-corrected chi connectivity index (χ4v) is 0.910. The molecule has 0 radical (unpaired) electrons. The van der Waals surface area contributed by atoms with Gasteiger partial charge in [0, 0.05) is 26.6 Å². The number of carbonyl (C=O) groups excluding carboxylic acids is 2. The maximum atomic E-state index is 12.4. The lowest BCUT2D eigenvalue weighted by molar-refractivity contribution is -0.269. The van der Waals surface area contributed by atoms with Crippen LogP contribution < -0.4 is 10.6 Å². The first-order chi connectivity index (χ1) is 8.63. The van der Waals surface area contributed by atoms with Crippen LogP contribution in [0.15, 0.2) is 0 Å². The molecule has 0 aromatic heterocycles. The highest BCUT2D eigenvalue weighted by atomic mass is 19.4. The van der Waals surface area contributed by atoms with Gasteiger partial charge >= 0.3 is 12.1 Å². The Hall–Kier alpha value is -1.45. The first-order valence-electron chi connectivity index (χ1n) is 5.11. The molecule has 0 heterocycles. The second kappa shape index (κ2) is 7.22. The molecule has 0 aliphatic heterocycles. The normalized spacial score (nSPS) is 12.1. The van der Waals surface area contributed by atoms with Crippen LogP contribution in [0.3, 0.4) is 0 Å². The van der Waals surface area contributed by atoms with E-state index in [1.807, 2.05) is 0 Å². The first kappa shape index (κ1) is 17.6. The Morgan fingerprint density at radius 3 is 2.11 bits per heavy atom. The molecule has 2 N–H and O–H groups in total. The van der Waals surface area contributed by atoms with Crippen LogP contribution in [0.5, 0.6) is 0 Å². The number of alkyl halides is 5. The Bertz CT molecular complexity index is 319. The van der Waals surface area contributed by atoms with Gasteiger partial charge in [0.2, 0.25) is 5.91 Å². The van der Waals surface area contributed by atoms with E-state index in [1.54, 1.807) is 0 Å². The molecule has 0 saturated heterocycles. The number of nitrogens with one attached hydrogen (secondary N) is 2. The van der Waals surface area contributed by atoms with Crippen molar-refractivity contribution in [1.29, 1.82) is 0 Å². The van der Waals surface area contributed by atoms with Gasteiger partial charge < -0.3 is 15.4 Å². The van der Waals surface area contributed by atoms with Gasteiger partial charge in [-0.25, -0.2) is 0 Å². The number of hydrogen-bond donors (Lipinski definition) is 2. The summed E-state index contributed by atoms with van der Waals surface area (Å²) in [5.41, 5.74) is 0. The first-order valence-corrected chi connectivity index (χ1v) is 5.11. The van der Waals surface area contributed by atoms with Gasteiger partial charge in [-0.1, -0.05) is 0 Å². The zero-order valence-corrected chi connectivity index (χ0v) is 9.94. The van der Waals surface area contributed by atoms with Gasteiger partial charge in [-0.15, -0.1) is 0 Å². The Morgan fingerprint density at radius 2 is 1.63 bits per heavy atom. The molecule has 10 heteroatoms. The summed E-state index contributed by atoms with van der Waals surface area (Å²) in [6, 6.07) is 0. The molecule has 0 aliphatic carbocycles. The van der Waals surface area contributed by atoms with Crippen molar-refractivity contribution in [2.24, 2.45) is 0 Å². The third kappa shape index (κ3) is 5.81. The van der Waals surface area contributed by atoms with Crippen molar-refractivity contribution in [2.75, 3.05) is 26.8 Å². The summed E-state index contributed by atoms with van der Waals surface area (Å²) in [7, 11) is 1.39. The molecule has 2 amide bonds. The maximum absolute atomic E-state index is 12.4. The van der Waals surface area contributed by atoms with E-state index in [2.05, 4.69) is 10.1 Å². The third-order valence-electron chi connectivity index (χ3n) is 1.91. The number of rotatable bonds is 7. The number of methoxy groups -OCH3 is 1. The van der Waals surface area contributed by atoms with E-state index in [9.17, 15) is 31.5 Å². The topological polar surface area (TPSA) is 67.4 Å². The molecule has 0 aromatic rings. The minimum Gasteiger partial charge on any atom is -0.383 e. The molecular weight excluding hydrogens is 279 g/mol. The van der Waals surface area contributed by atoms with Crippen LogP contribution in [0.2, 0.25) is 0 Å². The molecule has 19 heavy (non-hydrogen) atoms. The molecule has 0 saturated carbocycles. The fourth-order valence-electron chi connectivity index (χ4n) is 0.910. The number of halogens is 5. The second-order valence-corrected chi connectivity index (χ2v) is 3.42. The lowest BCUT2D eigenvalue weighted by Crippen LogP contribution is -2.50. The molecule has 0 unspecified atom stereocenters. The molecule has 0 fully saturated rings. The monoisotopic (exact) mass is 292 g/mol. The van der Waals surface area contributed by atoms with Gasteiger partial charge in [-0.3, -0.25) is 9.59 Å². The molecule has 0 rings (SSSR count). The molecule has 0 aliphatic rings. The van der Waals surface area contributed by atoms with E-state index < -0.39 is 36.9 Å². The minimum absolute atomic E-state index is 0.169. The molecular formula is C9H13F5N2O3. The highest BCUT2D eigenvalue weighted by molar-refractivity contribution is 5.85. The van der Waals surface area contributed by atoms with Crippen molar-refractivity contribution in [3.8, 4) is 0 Å². The largest absolute Gasteiger partial charge is 0.463 e. The third-order valence-corrected chi connectivity index (χ3v) is 1.91. The van der Waals surface area contributed by atoms with Gasteiger partial charge in [0.25, 0.3) is 5.91 Å². The Morgan fingerprint density at radius 1 is 1.05 bits per heavy atom. The fraction of sp³-hybridized carbons (Fsp3) is 0.778. The lowest BCUT2D eigenvalue weighted by atomic mass is 10.3. The molecule has 0 spiro atoms. The number of amides is 2. The van der Waals surface area contributed by atoms with Crippen molar-refractivity contribution in [1.82, 2.24) is 10.6 Å². The van der Waals surface area contributed by atoms with E-state index in [1.165, 1.54) is 12.4 Å². The van der Waals surface area contributed by atoms with Crippen molar-refractivity contribution in [2.45, 2.75) is 18.5 Å². The SMILES string of the molecule is COCCNC(=O)CCNC(=O)C(F)(F)C(F)(F)F. The predicted molar refractivity (Wildman–Crippen MR) is 53.5 cm³/mol. The molecule has 5 nitrogen and oxygen atoms in total. The van der Waals surface area contributed by atoms with E-state index in [0.29, 0.717) is 0 Å². The number of hydrogen-bond acceptors (Lipinski definition) is 3. The highest BCUT2D eigenvalue weighted by Crippen LogP contribution is 2.35. The lowest BCUT2D eigenvalue weighted by Gasteiger charge is -2.18. The van der Waals surface area contributed by atoms with Crippen LogP contribution in [0.25, 0.3) is 0 Å². The van der Waals surface area contributed by atoms with E-state index in [-0.39, 0.29) is 13.2 Å². The van der Waals surface area contributed by atoms with Crippen LogP contribution in [-0.4, -0.2) is 50.7 Å². The maximum Gasteiger partial charge on any atom is 0.463 e. The zero-order chi connectivity index (χ0) is 15.1. The predicted octanol–water partition coefficient (Wildman–Crippen LogP) is 0.453. The van der Waals surface area contributed by atoms with E-state index in [0.717, 1.165) is 0 Å². The van der Waals surface area contributed by atoms with Gasteiger partial charge in [0.15, 0.2) is 0 Å². The quantitative estimate of drug-likeness (QED) is 0.529. The zero-order valence-electron chi connectivity index (χ0n) is 9.94. The Labute approximate surface area is 105 Å². The molecule has 0 aromatic carbocycles. The molecule has 0 atom stereocenters. The number of ether oxygens (including phenoxy) is 1. The summed E-state index contributed by atoms with van der Waals surface area (Å²) in [5.74, 6) is -8.56. The van der Waals surface area contributed by atoms with Crippen molar-refractivity contribution >= 4 is 11.8 Å². The van der Waals surface area contributed by atoms with Crippen LogP contribution >= 0.6 is 0 Å². The van der Waals surface area contributed by atoms with Crippen molar-refractivity contribution in [3.05, 3.63) is 0 Å². The van der Waals surface area contributed by atoms with Crippen LogP contribution in [0, 0.1) is 0 Å². The van der Waals surface area contributed by atoms with Gasteiger partial charge in [0.1, 0.15) is 0 Å². The smallest absolute Gasteiger partial charge is 0.383 e.